The highest BCUT2D eigenvalue weighted by Crippen LogP contribution is 2.15. The van der Waals surface area contributed by atoms with Crippen LogP contribution in [0, 0.1) is 6.92 Å². The summed E-state index contributed by atoms with van der Waals surface area (Å²) >= 11 is 0. The highest BCUT2D eigenvalue weighted by molar-refractivity contribution is 5.97. The van der Waals surface area contributed by atoms with Crippen molar-refractivity contribution in [2.75, 3.05) is 6.61 Å². The Kier molecular flexibility index (Phi) is 6.12. The van der Waals surface area contributed by atoms with Gasteiger partial charge in [-0.05, 0) is 37.1 Å². The lowest BCUT2D eigenvalue weighted by Gasteiger charge is -2.07. The molecule has 0 aliphatic heterocycles. The molecule has 0 heterocycles. The van der Waals surface area contributed by atoms with Gasteiger partial charge < -0.3 is 4.74 Å². The molecule has 0 radical (unpaired) electrons. The minimum absolute atomic E-state index is 0.0654. The van der Waals surface area contributed by atoms with Gasteiger partial charge in [-0.3, -0.25) is 4.79 Å². The number of aryl methyl sites for hydroxylation is 1. The Morgan fingerprint density at radius 2 is 1.83 bits per heavy atom. The Balaban J connectivity index is 1.81. The van der Waals surface area contributed by atoms with Crippen molar-refractivity contribution in [3.05, 3.63) is 71.8 Å². The Labute approximate surface area is 136 Å². The highest BCUT2D eigenvalue weighted by Gasteiger charge is 2.03. The van der Waals surface area contributed by atoms with Crippen LogP contribution in [0.1, 0.15) is 18.1 Å². The number of hydrogen-bond donors (Lipinski definition) is 1. The van der Waals surface area contributed by atoms with Crippen molar-refractivity contribution in [3.63, 3.8) is 0 Å². The maximum atomic E-state index is 11.7. The van der Waals surface area contributed by atoms with Crippen LogP contribution in [0.15, 0.2) is 65.8 Å². The van der Waals surface area contributed by atoms with Gasteiger partial charge in [0.25, 0.3) is 5.91 Å². The van der Waals surface area contributed by atoms with E-state index in [0.717, 1.165) is 11.1 Å². The fourth-order valence-electron chi connectivity index (χ4n) is 1.86. The number of hydrogen-bond acceptors (Lipinski definition) is 3. The number of carbonyl (C=O) groups excluding carboxylic acids is 1. The van der Waals surface area contributed by atoms with Crippen molar-refractivity contribution in [3.8, 4) is 5.75 Å². The van der Waals surface area contributed by atoms with Crippen molar-refractivity contribution in [1.82, 2.24) is 5.43 Å². The van der Waals surface area contributed by atoms with E-state index >= 15 is 0 Å². The van der Waals surface area contributed by atoms with Gasteiger partial charge in [0.05, 0.1) is 5.71 Å². The van der Waals surface area contributed by atoms with Crippen LogP contribution in [0.2, 0.25) is 0 Å². The topological polar surface area (TPSA) is 50.7 Å². The number of amides is 1. The summed E-state index contributed by atoms with van der Waals surface area (Å²) in [6, 6.07) is 17.5. The SMILES string of the molecule is CC(/C=C/c1ccccc1)=N/NC(=O)COc1ccccc1C. The first-order valence-electron chi connectivity index (χ1n) is 7.40. The number of allylic oxidation sites excluding steroid dienone is 1. The zero-order valence-corrected chi connectivity index (χ0v) is 13.3. The fraction of sp³-hybridized carbons (Fsp3) is 0.158. The van der Waals surface area contributed by atoms with Crippen molar-refractivity contribution >= 4 is 17.7 Å². The third-order valence-corrected chi connectivity index (χ3v) is 3.13. The van der Waals surface area contributed by atoms with Crippen LogP contribution in [0.25, 0.3) is 6.08 Å². The van der Waals surface area contributed by atoms with Gasteiger partial charge in [0.15, 0.2) is 6.61 Å². The summed E-state index contributed by atoms with van der Waals surface area (Å²) in [6.07, 6.45) is 3.78. The van der Waals surface area contributed by atoms with E-state index in [1.54, 1.807) is 0 Å². The molecule has 23 heavy (non-hydrogen) atoms. The second kappa shape index (κ2) is 8.54. The lowest BCUT2D eigenvalue weighted by Crippen LogP contribution is -2.25. The number of para-hydroxylation sites is 1. The van der Waals surface area contributed by atoms with E-state index in [2.05, 4.69) is 10.5 Å². The molecule has 0 unspecified atom stereocenters. The van der Waals surface area contributed by atoms with Crippen LogP contribution in [0.5, 0.6) is 5.75 Å². The zero-order valence-electron chi connectivity index (χ0n) is 13.3. The minimum Gasteiger partial charge on any atom is -0.483 e. The average Bonchev–Trinajstić information content (AvgIpc) is 2.58. The molecule has 1 N–H and O–H groups in total. The van der Waals surface area contributed by atoms with Crippen LogP contribution >= 0.6 is 0 Å². The quantitative estimate of drug-likeness (QED) is 0.655. The predicted octanol–water partition coefficient (Wildman–Crippen LogP) is 3.58. The maximum absolute atomic E-state index is 11.7. The van der Waals surface area contributed by atoms with Gasteiger partial charge in [0.2, 0.25) is 0 Å². The van der Waals surface area contributed by atoms with E-state index in [1.165, 1.54) is 0 Å². The van der Waals surface area contributed by atoms with E-state index < -0.39 is 0 Å². The number of hydrazone groups is 1. The van der Waals surface area contributed by atoms with Crippen LogP contribution in [0.4, 0.5) is 0 Å². The third kappa shape index (κ3) is 5.79. The first kappa shape index (κ1) is 16.5. The van der Waals surface area contributed by atoms with Crippen molar-refractivity contribution in [2.45, 2.75) is 13.8 Å². The Morgan fingerprint density at radius 3 is 2.57 bits per heavy atom. The number of ether oxygens (including phenoxy) is 1. The predicted molar refractivity (Wildman–Crippen MR) is 93.4 cm³/mol. The summed E-state index contributed by atoms with van der Waals surface area (Å²) in [4.78, 5) is 11.7. The van der Waals surface area contributed by atoms with Gasteiger partial charge >= 0.3 is 0 Å². The third-order valence-electron chi connectivity index (χ3n) is 3.13. The van der Waals surface area contributed by atoms with Crippen LogP contribution in [-0.2, 0) is 4.79 Å². The van der Waals surface area contributed by atoms with Crippen LogP contribution < -0.4 is 10.2 Å². The zero-order chi connectivity index (χ0) is 16.5. The molecule has 0 saturated carbocycles. The van der Waals surface area contributed by atoms with E-state index in [0.29, 0.717) is 11.5 Å². The number of rotatable bonds is 6. The standard InChI is InChI=1S/C19H20N2O2/c1-15-8-6-7-11-18(15)23-14-19(22)21-20-16(2)12-13-17-9-4-3-5-10-17/h3-13H,14H2,1-2H3,(H,21,22)/b13-12+,20-16-. The molecule has 0 bridgehead atoms. The molecular formula is C19H20N2O2. The van der Waals surface area contributed by atoms with E-state index in [4.69, 9.17) is 4.74 Å². The molecule has 0 aromatic heterocycles. The molecular weight excluding hydrogens is 288 g/mol. The Bertz CT molecular complexity index is 706. The summed E-state index contributed by atoms with van der Waals surface area (Å²) in [7, 11) is 0. The number of nitrogens with zero attached hydrogens (tertiary/aromatic N) is 1. The molecule has 0 atom stereocenters. The first-order valence-corrected chi connectivity index (χ1v) is 7.40. The van der Waals surface area contributed by atoms with E-state index in [-0.39, 0.29) is 12.5 Å². The molecule has 4 nitrogen and oxygen atoms in total. The molecule has 4 heteroatoms. The lowest BCUT2D eigenvalue weighted by molar-refractivity contribution is -0.123. The second-order valence-electron chi connectivity index (χ2n) is 5.09. The Hall–Kier alpha value is -2.88. The highest BCUT2D eigenvalue weighted by atomic mass is 16.5. The van der Waals surface area contributed by atoms with E-state index in [9.17, 15) is 4.79 Å². The Morgan fingerprint density at radius 1 is 1.13 bits per heavy atom. The smallest absolute Gasteiger partial charge is 0.277 e. The fourth-order valence-corrected chi connectivity index (χ4v) is 1.86. The lowest BCUT2D eigenvalue weighted by atomic mass is 10.2. The normalized spacial score (nSPS) is 11.5. The van der Waals surface area contributed by atoms with Crippen molar-refractivity contribution in [2.24, 2.45) is 5.10 Å². The van der Waals surface area contributed by atoms with Gasteiger partial charge in [-0.15, -0.1) is 0 Å². The van der Waals surface area contributed by atoms with Gasteiger partial charge in [0, 0.05) is 0 Å². The number of carbonyl (C=O) groups is 1. The van der Waals surface area contributed by atoms with Gasteiger partial charge in [-0.2, -0.15) is 5.10 Å². The molecule has 1 amide bonds. The molecule has 0 spiro atoms. The van der Waals surface area contributed by atoms with Gasteiger partial charge in [-0.25, -0.2) is 5.43 Å². The average molecular weight is 308 g/mol. The molecule has 0 fully saturated rings. The van der Waals surface area contributed by atoms with E-state index in [1.807, 2.05) is 80.6 Å². The largest absolute Gasteiger partial charge is 0.483 e. The summed E-state index contributed by atoms with van der Waals surface area (Å²) in [5, 5.41) is 4.02. The number of nitrogens with one attached hydrogen (secondary N) is 1. The van der Waals surface area contributed by atoms with Crippen molar-refractivity contribution < 1.29 is 9.53 Å². The second-order valence-corrected chi connectivity index (χ2v) is 5.09. The molecule has 2 aromatic carbocycles. The van der Waals surface area contributed by atoms with Gasteiger partial charge in [-0.1, -0.05) is 54.6 Å². The molecule has 2 aromatic rings. The summed E-state index contributed by atoms with van der Waals surface area (Å²) in [5.74, 6) is 0.410. The van der Waals surface area contributed by atoms with Gasteiger partial charge in [0.1, 0.15) is 5.75 Å². The first-order chi connectivity index (χ1) is 11.1. The molecule has 118 valence electrons. The molecule has 0 aliphatic rings. The minimum atomic E-state index is -0.291. The summed E-state index contributed by atoms with van der Waals surface area (Å²) in [6.45, 7) is 3.69. The monoisotopic (exact) mass is 308 g/mol. The van der Waals surface area contributed by atoms with Crippen LogP contribution in [0.3, 0.4) is 0 Å². The molecule has 0 aliphatic carbocycles. The molecule has 0 saturated heterocycles. The van der Waals surface area contributed by atoms with Crippen LogP contribution in [-0.4, -0.2) is 18.2 Å². The molecule has 2 rings (SSSR count). The number of benzene rings is 2. The summed E-state index contributed by atoms with van der Waals surface area (Å²) in [5.41, 5.74) is 5.26. The summed E-state index contributed by atoms with van der Waals surface area (Å²) < 4.78 is 5.46. The van der Waals surface area contributed by atoms with Crippen molar-refractivity contribution in [1.29, 1.82) is 0 Å². The maximum Gasteiger partial charge on any atom is 0.277 e.